The van der Waals surface area contributed by atoms with Gasteiger partial charge in [0.1, 0.15) is 12.0 Å². The molecule has 2 aromatic rings. The number of carboxylic acid groups (broad SMARTS) is 1. The zero-order valence-corrected chi connectivity index (χ0v) is 22.1. The van der Waals surface area contributed by atoms with Gasteiger partial charge in [-0.1, -0.05) is 65.7 Å². The van der Waals surface area contributed by atoms with Crippen molar-refractivity contribution in [3.05, 3.63) is 54.6 Å². The molecule has 1 N–H and O–H groups in total. The van der Waals surface area contributed by atoms with Crippen LogP contribution < -0.4 is 9.64 Å². The predicted molar refractivity (Wildman–Crippen MR) is 141 cm³/mol. The number of anilines is 2. The molecular formula is C26H36FNO3S2. The average Bonchev–Trinajstić information content (AvgIpc) is 3.03. The van der Waals surface area contributed by atoms with Crippen molar-refractivity contribution < 1.29 is 19.0 Å². The quantitative estimate of drug-likeness (QED) is 0.248. The number of fused-ring (bicyclic) bond motifs is 1. The van der Waals surface area contributed by atoms with Gasteiger partial charge >= 0.3 is 5.97 Å². The molecule has 0 bridgehead atoms. The summed E-state index contributed by atoms with van der Waals surface area (Å²) >= 11 is 3.23. The van der Waals surface area contributed by atoms with Gasteiger partial charge in [0.05, 0.1) is 10.6 Å². The summed E-state index contributed by atoms with van der Waals surface area (Å²) < 4.78 is 18.7. The minimum absolute atomic E-state index is 0.457. The Morgan fingerprint density at radius 1 is 1.24 bits per heavy atom. The van der Waals surface area contributed by atoms with Gasteiger partial charge in [0.2, 0.25) is 5.83 Å². The smallest absolute Gasteiger partial charge is 0.368 e. The minimum Gasteiger partial charge on any atom is -0.476 e. The van der Waals surface area contributed by atoms with Crippen molar-refractivity contribution in [1.29, 1.82) is 0 Å². The third-order valence-electron chi connectivity index (χ3n) is 4.59. The number of thioether (sulfide) groups is 2. The van der Waals surface area contributed by atoms with E-state index >= 15 is 0 Å². The Labute approximate surface area is 206 Å². The van der Waals surface area contributed by atoms with Crippen molar-refractivity contribution in [1.82, 2.24) is 0 Å². The van der Waals surface area contributed by atoms with E-state index in [2.05, 4.69) is 37.8 Å². The van der Waals surface area contributed by atoms with Crippen LogP contribution in [-0.2, 0) is 4.79 Å². The Balaban J connectivity index is 0.00000101. The number of para-hydroxylation sites is 1. The highest BCUT2D eigenvalue weighted by atomic mass is 32.2. The van der Waals surface area contributed by atoms with Gasteiger partial charge < -0.3 is 14.7 Å². The first-order valence-corrected chi connectivity index (χ1v) is 13.6. The van der Waals surface area contributed by atoms with E-state index in [4.69, 9.17) is 9.84 Å². The van der Waals surface area contributed by atoms with Gasteiger partial charge in [0, 0.05) is 22.9 Å². The summed E-state index contributed by atoms with van der Waals surface area (Å²) in [6.07, 6.45) is 4.89. The molecule has 1 aliphatic rings. The monoisotopic (exact) mass is 493 g/mol. The first-order chi connectivity index (χ1) is 15.9. The summed E-state index contributed by atoms with van der Waals surface area (Å²) in [5.74, 6) is -1.01. The summed E-state index contributed by atoms with van der Waals surface area (Å²) in [6.45, 7) is 11.4. The normalized spacial score (nSPS) is 15.2. The Kier molecular flexibility index (Phi) is 13.7. The fourth-order valence-electron chi connectivity index (χ4n) is 2.99. The lowest BCUT2D eigenvalue weighted by atomic mass is 10.1. The van der Waals surface area contributed by atoms with E-state index in [1.54, 1.807) is 11.8 Å². The van der Waals surface area contributed by atoms with Crippen molar-refractivity contribution in [3.8, 4) is 5.75 Å². The van der Waals surface area contributed by atoms with Crippen LogP contribution in [0.25, 0.3) is 0 Å². The van der Waals surface area contributed by atoms with Crippen molar-refractivity contribution in [3.63, 3.8) is 0 Å². The molecule has 0 aliphatic carbocycles. The van der Waals surface area contributed by atoms with E-state index in [9.17, 15) is 9.18 Å². The molecule has 0 spiro atoms. The molecule has 33 heavy (non-hydrogen) atoms. The summed E-state index contributed by atoms with van der Waals surface area (Å²) in [5.41, 5.74) is 2.22. The second-order valence-electron chi connectivity index (χ2n) is 7.10. The van der Waals surface area contributed by atoms with Gasteiger partial charge in [-0.15, -0.1) is 23.5 Å². The number of ether oxygens (including phenoxy) is 1. The van der Waals surface area contributed by atoms with E-state index in [0.29, 0.717) is 17.9 Å². The number of hydrogen-bond donors (Lipinski definition) is 1. The van der Waals surface area contributed by atoms with E-state index < -0.39 is 11.8 Å². The molecule has 4 nitrogen and oxygen atoms in total. The van der Waals surface area contributed by atoms with Crippen molar-refractivity contribution in [2.45, 2.75) is 57.3 Å². The van der Waals surface area contributed by atoms with Crippen LogP contribution in [0.4, 0.5) is 15.8 Å². The van der Waals surface area contributed by atoms with Gasteiger partial charge in [0.25, 0.3) is 0 Å². The third-order valence-corrected chi connectivity index (χ3v) is 6.63. The van der Waals surface area contributed by atoms with Crippen LogP contribution in [0, 0.1) is 5.92 Å². The molecule has 1 unspecified atom stereocenters. The van der Waals surface area contributed by atoms with Crippen LogP contribution in [0.2, 0.25) is 0 Å². The van der Waals surface area contributed by atoms with Crippen LogP contribution in [0.3, 0.4) is 0 Å². The van der Waals surface area contributed by atoms with Crippen LogP contribution in [-0.4, -0.2) is 29.6 Å². The number of carbonyl (C=O) groups is 1. The molecule has 0 saturated heterocycles. The van der Waals surface area contributed by atoms with Gasteiger partial charge in [-0.25, -0.2) is 4.79 Å². The van der Waals surface area contributed by atoms with Crippen LogP contribution >= 0.6 is 23.5 Å². The number of aliphatic carboxylic acids is 1. The Bertz CT molecular complexity index is 891. The molecule has 7 heteroatoms. The predicted octanol–water partition coefficient (Wildman–Crippen LogP) is 8.40. The SMILES string of the molecule is CC.CCC.CCC1CSc2cc(O/C=C(\F)C(=O)O)c(SC)cc2N(c2ccccc2)C1. The Morgan fingerprint density at radius 2 is 1.88 bits per heavy atom. The standard InChI is InChI=1S/C21H22FNO3S2.C3H8.C2H6/c1-3-14-11-23(15-7-5-4-6-8-15)17-9-20(27-2)18(10-19(17)28-13-14)26-12-16(22)21(24)25;1-3-2;1-2/h4-10,12,14H,3,11,13H2,1-2H3,(H,24,25);3H2,1-2H3;1-2H3/b16-12-;;. The van der Waals surface area contributed by atoms with Crippen LogP contribution in [0.1, 0.15) is 47.5 Å². The number of halogens is 1. The highest BCUT2D eigenvalue weighted by Crippen LogP contribution is 2.45. The molecule has 0 aromatic heterocycles. The van der Waals surface area contributed by atoms with E-state index in [0.717, 1.165) is 39.9 Å². The number of nitrogens with zero attached hydrogens (tertiary/aromatic N) is 1. The molecule has 3 rings (SSSR count). The molecule has 1 heterocycles. The molecule has 1 aliphatic heterocycles. The molecule has 2 aromatic carbocycles. The fraction of sp³-hybridized carbons (Fsp3) is 0.423. The molecule has 0 amide bonds. The molecule has 1 atom stereocenters. The van der Waals surface area contributed by atoms with E-state index in [1.807, 2.05) is 50.4 Å². The Hall–Kier alpha value is -2.12. The number of hydrogen-bond acceptors (Lipinski definition) is 5. The third kappa shape index (κ3) is 8.63. The first kappa shape index (κ1) is 28.9. The Morgan fingerprint density at radius 3 is 2.42 bits per heavy atom. The van der Waals surface area contributed by atoms with E-state index in [1.165, 1.54) is 18.2 Å². The second-order valence-corrected chi connectivity index (χ2v) is 9.01. The maximum Gasteiger partial charge on any atom is 0.368 e. The average molecular weight is 494 g/mol. The van der Waals surface area contributed by atoms with Crippen LogP contribution in [0.5, 0.6) is 5.75 Å². The fourth-order valence-corrected chi connectivity index (χ4v) is 4.79. The van der Waals surface area contributed by atoms with Gasteiger partial charge in [-0.2, -0.15) is 4.39 Å². The van der Waals surface area contributed by atoms with Crippen LogP contribution in [0.15, 0.2) is 64.3 Å². The summed E-state index contributed by atoms with van der Waals surface area (Å²) in [5, 5.41) is 8.69. The highest BCUT2D eigenvalue weighted by molar-refractivity contribution is 7.99. The van der Waals surface area contributed by atoms with Gasteiger partial charge in [-0.3, -0.25) is 0 Å². The lowest BCUT2D eigenvalue weighted by molar-refractivity contribution is -0.134. The number of rotatable bonds is 6. The topological polar surface area (TPSA) is 49.8 Å². The lowest BCUT2D eigenvalue weighted by Crippen LogP contribution is -2.24. The molecule has 0 radical (unpaired) electrons. The lowest BCUT2D eigenvalue weighted by Gasteiger charge is -2.28. The summed E-state index contributed by atoms with van der Waals surface area (Å²) in [7, 11) is 0. The van der Waals surface area contributed by atoms with Gasteiger partial charge in [0.15, 0.2) is 0 Å². The molecule has 182 valence electrons. The molecule has 0 fully saturated rings. The largest absolute Gasteiger partial charge is 0.476 e. The number of benzene rings is 2. The zero-order valence-electron chi connectivity index (χ0n) is 20.4. The second kappa shape index (κ2) is 15.7. The maximum absolute atomic E-state index is 13.3. The summed E-state index contributed by atoms with van der Waals surface area (Å²) in [4.78, 5) is 14.9. The van der Waals surface area contributed by atoms with Crippen molar-refractivity contribution in [2.75, 3.05) is 23.5 Å². The van der Waals surface area contributed by atoms with Crippen molar-refractivity contribution in [2.24, 2.45) is 5.92 Å². The van der Waals surface area contributed by atoms with E-state index in [-0.39, 0.29) is 0 Å². The van der Waals surface area contributed by atoms with Crippen molar-refractivity contribution >= 4 is 40.9 Å². The number of carboxylic acids is 1. The minimum atomic E-state index is -1.64. The van der Waals surface area contributed by atoms with Gasteiger partial charge in [-0.05, 0) is 36.4 Å². The highest BCUT2D eigenvalue weighted by Gasteiger charge is 2.24. The first-order valence-electron chi connectivity index (χ1n) is 11.4. The zero-order chi connectivity index (χ0) is 24.8. The molecule has 0 saturated carbocycles. The molecular weight excluding hydrogens is 457 g/mol. The summed E-state index contributed by atoms with van der Waals surface area (Å²) in [6, 6.07) is 14.2. The maximum atomic E-state index is 13.3.